The molecule has 6 rings (SSSR count). The first-order valence-electron chi connectivity index (χ1n) is 14.2. The summed E-state index contributed by atoms with van der Waals surface area (Å²) in [7, 11) is 4.02. The Morgan fingerprint density at radius 3 is 2.52 bits per heavy atom. The van der Waals surface area contributed by atoms with Crippen molar-refractivity contribution in [2.45, 2.75) is 58.7 Å². The molecule has 1 aliphatic carbocycles. The molecule has 2 fully saturated rings. The highest BCUT2D eigenvalue weighted by Crippen LogP contribution is 2.59. The molecule has 216 valence electrons. The second-order valence-electron chi connectivity index (χ2n) is 12.0. The number of pyridine rings is 2. The summed E-state index contributed by atoms with van der Waals surface area (Å²) in [6.07, 6.45) is 8.93. The number of likely N-dealkylation sites (tertiary alicyclic amines) is 1. The Hall–Kier alpha value is -4.38. The summed E-state index contributed by atoms with van der Waals surface area (Å²) in [4.78, 5) is 61.4. The van der Waals surface area contributed by atoms with Crippen molar-refractivity contribution < 1.29 is 14.4 Å². The number of hydrogen-bond donors (Lipinski definition) is 0. The van der Waals surface area contributed by atoms with Crippen LogP contribution in [-0.4, -0.2) is 89.7 Å². The van der Waals surface area contributed by atoms with Gasteiger partial charge in [-0.2, -0.15) is 5.10 Å². The minimum atomic E-state index is -0.585. The molecule has 0 bridgehead atoms. The van der Waals surface area contributed by atoms with Gasteiger partial charge in [-0.25, -0.2) is 9.97 Å². The number of aromatic nitrogens is 6. The van der Waals surface area contributed by atoms with Gasteiger partial charge in [0.15, 0.2) is 5.78 Å². The van der Waals surface area contributed by atoms with E-state index >= 15 is 0 Å². The molecular formula is C31H34N8O3. The Balaban J connectivity index is 1.28. The normalized spacial score (nSPS) is 21.1. The number of piperidine rings is 1. The Labute approximate surface area is 244 Å². The molecule has 1 amide bonds. The topological polar surface area (TPSA) is 127 Å². The van der Waals surface area contributed by atoms with Gasteiger partial charge in [0.1, 0.15) is 23.8 Å². The van der Waals surface area contributed by atoms with Crippen LogP contribution in [0.3, 0.4) is 0 Å². The summed E-state index contributed by atoms with van der Waals surface area (Å²) >= 11 is 0. The van der Waals surface area contributed by atoms with E-state index in [4.69, 9.17) is 0 Å². The van der Waals surface area contributed by atoms with Gasteiger partial charge >= 0.3 is 0 Å². The van der Waals surface area contributed by atoms with Crippen LogP contribution in [0.2, 0.25) is 0 Å². The van der Waals surface area contributed by atoms with Gasteiger partial charge in [-0.05, 0) is 69.5 Å². The molecule has 4 aromatic rings. The lowest BCUT2D eigenvalue weighted by molar-refractivity contribution is -0.133. The number of aryl methyl sites for hydroxylation is 1. The molecule has 1 saturated heterocycles. The highest BCUT2D eigenvalue weighted by atomic mass is 16.2. The predicted octanol–water partition coefficient (Wildman–Crippen LogP) is 3.16. The van der Waals surface area contributed by atoms with Gasteiger partial charge in [0, 0.05) is 49.1 Å². The Kier molecular flexibility index (Phi) is 6.92. The summed E-state index contributed by atoms with van der Waals surface area (Å²) in [6, 6.07) is 4.97. The number of Topliss-reactive ketones (excluding diaryl/α,β-unsaturated/α-hetero) is 2. The van der Waals surface area contributed by atoms with Crippen molar-refractivity contribution in [3.8, 4) is 11.3 Å². The zero-order valence-corrected chi connectivity index (χ0v) is 24.5. The molecule has 1 unspecified atom stereocenters. The zero-order chi connectivity index (χ0) is 29.8. The lowest BCUT2D eigenvalue weighted by Gasteiger charge is -2.26. The molecule has 2 aliphatic rings. The second kappa shape index (κ2) is 10.5. The lowest BCUT2D eigenvalue weighted by Crippen LogP contribution is -2.45. The Bertz CT molecular complexity index is 1710. The van der Waals surface area contributed by atoms with Crippen LogP contribution in [0.5, 0.6) is 0 Å². The van der Waals surface area contributed by atoms with Gasteiger partial charge in [0.2, 0.25) is 11.7 Å². The van der Waals surface area contributed by atoms with Crippen LogP contribution in [0.1, 0.15) is 59.1 Å². The molecule has 0 aromatic carbocycles. The van der Waals surface area contributed by atoms with E-state index in [0.717, 1.165) is 24.9 Å². The zero-order valence-electron chi connectivity index (χ0n) is 24.5. The number of carbonyl (C=O) groups is 3. The summed E-state index contributed by atoms with van der Waals surface area (Å²) < 4.78 is 1.52. The number of nitrogens with zero attached hydrogens (tertiary/aromatic N) is 8. The number of amides is 1. The first-order valence-corrected chi connectivity index (χ1v) is 14.2. The second-order valence-corrected chi connectivity index (χ2v) is 12.0. The smallest absolute Gasteiger partial charge is 0.245 e. The molecule has 1 aliphatic heterocycles. The highest BCUT2D eigenvalue weighted by Gasteiger charge is 2.64. The quantitative estimate of drug-likeness (QED) is 0.281. The molecular weight excluding hydrogens is 532 g/mol. The van der Waals surface area contributed by atoms with E-state index in [-0.39, 0.29) is 41.2 Å². The Morgan fingerprint density at radius 2 is 1.81 bits per heavy atom. The van der Waals surface area contributed by atoms with Crippen molar-refractivity contribution in [2.75, 3.05) is 20.6 Å². The number of fused-ring (bicyclic) bond motifs is 2. The average Bonchev–Trinajstić information content (AvgIpc) is 3.33. The number of hydrogen-bond acceptors (Lipinski definition) is 9. The van der Waals surface area contributed by atoms with Crippen LogP contribution in [-0.2, 0) is 17.8 Å². The maximum Gasteiger partial charge on any atom is 0.245 e. The molecule has 0 radical (unpaired) electrons. The summed E-state index contributed by atoms with van der Waals surface area (Å²) in [5.74, 6) is 0.0882. The van der Waals surface area contributed by atoms with Crippen molar-refractivity contribution >= 4 is 28.4 Å². The van der Waals surface area contributed by atoms with Crippen molar-refractivity contribution in [1.29, 1.82) is 0 Å². The fourth-order valence-corrected chi connectivity index (χ4v) is 5.99. The SMILES string of the molecule is CC(=O)c1nn(CC(=O)N2C3C[C@]3(C)C[C@H]2C(=O)c2cc(CCN(C)C)ccn2)c2cnc(-c3cnc(C)nc3)cc12. The van der Waals surface area contributed by atoms with E-state index in [1.807, 2.05) is 26.2 Å². The van der Waals surface area contributed by atoms with Gasteiger partial charge in [-0.3, -0.25) is 29.0 Å². The van der Waals surface area contributed by atoms with Crippen molar-refractivity contribution in [2.24, 2.45) is 5.41 Å². The summed E-state index contributed by atoms with van der Waals surface area (Å²) in [6.45, 7) is 6.14. The Morgan fingerprint density at radius 1 is 1.05 bits per heavy atom. The first kappa shape index (κ1) is 27.8. The van der Waals surface area contributed by atoms with Crippen LogP contribution >= 0.6 is 0 Å². The largest absolute Gasteiger partial charge is 0.327 e. The van der Waals surface area contributed by atoms with E-state index in [1.165, 1.54) is 11.6 Å². The van der Waals surface area contributed by atoms with Crippen molar-refractivity contribution in [1.82, 2.24) is 39.5 Å². The van der Waals surface area contributed by atoms with Crippen LogP contribution in [0.15, 0.2) is 43.0 Å². The van der Waals surface area contributed by atoms with Gasteiger partial charge in [-0.15, -0.1) is 0 Å². The fraction of sp³-hybridized carbons (Fsp3) is 0.419. The molecule has 1 saturated carbocycles. The summed E-state index contributed by atoms with van der Waals surface area (Å²) in [5.41, 5.74) is 3.50. The van der Waals surface area contributed by atoms with Crippen LogP contribution in [0, 0.1) is 12.3 Å². The molecule has 0 spiro atoms. The standard InChI is InChI=1S/C31H34N8O3/c1-18(40)29-22-11-23(21-14-33-19(2)34-15-21)35-16-26(22)38(36-29)17-28(41)39-25(12-31(3)13-27(31)39)30(42)24-10-20(6-8-32-24)7-9-37(4)5/h6,8,10-11,14-16,25,27H,7,9,12-13,17H2,1-5H3/t25-,27?,31-/m0/s1. The van der Waals surface area contributed by atoms with Gasteiger partial charge in [-0.1, -0.05) is 6.92 Å². The minimum absolute atomic E-state index is 0.00348. The monoisotopic (exact) mass is 566 g/mol. The van der Waals surface area contributed by atoms with E-state index in [2.05, 4.69) is 36.9 Å². The molecule has 11 nitrogen and oxygen atoms in total. The maximum atomic E-state index is 13.9. The number of ketones is 2. The molecule has 5 heterocycles. The molecule has 4 aromatic heterocycles. The number of likely N-dealkylation sites (N-methyl/N-ethyl adjacent to an activating group) is 1. The van der Waals surface area contributed by atoms with E-state index in [9.17, 15) is 14.4 Å². The predicted molar refractivity (Wildman–Crippen MR) is 156 cm³/mol. The number of rotatable bonds is 9. The fourth-order valence-electron chi connectivity index (χ4n) is 5.99. The maximum absolute atomic E-state index is 13.9. The molecule has 0 N–H and O–H groups in total. The molecule has 3 atom stereocenters. The third-order valence-electron chi connectivity index (χ3n) is 8.48. The third-order valence-corrected chi connectivity index (χ3v) is 8.48. The van der Waals surface area contributed by atoms with Gasteiger partial charge in [0.25, 0.3) is 0 Å². The third kappa shape index (κ3) is 5.09. The van der Waals surface area contributed by atoms with Crippen molar-refractivity contribution in [3.63, 3.8) is 0 Å². The van der Waals surface area contributed by atoms with Gasteiger partial charge in [0.05, 0.1) is 23.4 Å². The first-order chi connectivity index (χ1) is 20.0. The van der Waals surface area contributed by atoms with Crippen LogP contribution in [0.4, 0.5) is 0 Å². The van der Waals surface area contributed by atoms with Crippen LogP contribution < -0.4 is 0 Å². The van der Waals surface area contributed by atoms with E-state index in [1.54, 1.807) is 42.7 Å². The highest BCUT2D eigenvalue weighted by molar-refractivity contribution is 6.06. The number of carbonyl (C=O) groups excluding carboxylic acids is 3. The van der Waals surface area contributed by atoms with Gasteiger partial charge < -0.3 is 9.80 Å². The minimum Gasteiger partial charge on any atom is -0.327 e. The lowest BCUT2D eigenvalue weighted by atomic mass is 9.97. The van der Waals surface area contributed by atoms with E-state index < -0.39 is 6.04 Å². The van der Waals surface area contributed by atoms with Crippen LogP contribution in [0.25, 0.3) is 22.2 Å². The molecule has 42 heavy (non-hydrogen) atoms. The summed E-state index contributed by atoms with van der Waals surface area (Å²) in [5, 5.41) is 5.13. The van der Waals surface area contributed by atoms with E-state index in [0.29, 0.717) is 40.1 Å². The molecule has 11 heteroatoms. The van der Waals surface area contributed by atoms with Crippen molar-refractivity contribution in [3.05, 3.63) is 65.8 Å². The average molecular weight is 567 g/mol.